The molecule has 132 valence electrons. The number of hydrogen-bond donors (Lipinski definition) is 1. The van der Waals surface area contributed by atoms with Crippen LogP contribution < -0.4 is 0 Å². The SMILES string of the molecule is O=C(c1ccc(-n2ccnc2)cc1)N1CCC2(CC1)OCCCC2O. The highest BCUT2D eigenvalue weighted by molar-refractivity contribution is 5.94. The molecule has 25 heavy (non-hydrogen) atoms. The fourth-order valence-electron chi connectivity index (χ4n) is 3.85. The zero-order valence-corrected chi connectivity index (χ0v) is 14.2. The number of likely N-dealkylation sites (tertiary alicyclic amines) is 1. The van der Waals surface area contributed by atoms with E-state index in [1.165, 1.54) is 0 Å². The largest absolute Gasteiger partial charge is 0.390 e. The number of benzene rings is 1. The van der Waals surface area contributed by atoms with Crippen molar-refractivity contribution >= 4 is 5.91 Å². The molecular formula is C19H23N3O3. The number of aliphatic hydroxyl groups excluding tert-OH is 1. The molecule has 0 radical (unpaired) electrons. The van der Waals surface area contributed by atoms with Crippen LogP contribution in [0, 0.1) is 0 Å². The zero-order valence-electron chi connectivity index (χ0n) is 14.2. The Kier molecular flexibility index (Phi) is 4.31. The molecule has 0 saturated carbocycles. The van der Waals surface area contributed by atoms with Crippen molar-refractivity contribution in [2.24, 2.45) is 0 Å². The lowest BCUT2D eigenvalue weighted by Crippen LogP contribution is -2.56. The van der Waals surface area contributed by atoms with Gasteiger partial charge < -0.3 is 19.3 Å². The third-order valence-electron chi connectivity index (χ3n) is 5.43. The van der Waals surface area contributed by atoms with Crippen molar-refractivity contribution in [3.05, 3.63) is 48.5 Å². The van der Waals surface area contributed by atoms with E-state index in [1.807, 2.05) is 39.9 Å². The van der Waals surface area contributed by atoms with E-state index in [1.54, 1.807) is 12.5 Å². The van der Waals surface area contributed by atoms with Crippen molar-refractivity contribution in [1.82, 2.24) is 14.5 Å². The van der Waals surface area contributed by atoms with Crippen LogP contribution in [0.4, 0.5) is 0 Å². The van der Waals surface area contributed by atoms with E-state index >= 15 is 0 Å². The summed E-state index contributed by atoms with van der Waals surface area (Å²) in [6.07, 6.45) is 8.03. The Morgan fingerprint density at radius 1 is 1.24 bits per heavy atom. The number of carbonyl (C=O) groups excluding carboxylic acids is 1. The van der Waals surface area contributed by atoms with E-state index in [2.05, 4.69) is 4.98 Å². The van der Waals surface area contributed by atoms with Crippen LogP contribution in [0.15, 0.2) is 43.0 Å². The first kappa shape index (κ1) is 16.3. The molecule has 0 bridgehead atoms. The molecule has 6 nitrogen and oxygen atoms in total. The van der Waals surface area contributed by atoms with Crippen LogP contribution in [-0.2, 0) is 4.74 Å². The summed E-state index contributed by atoms with van der Waals surface area (Å²) in [5, 5.41) is 10.3. The minimum Gasteiger partial charge on any atom is -0.390 e. The molecule has 2 fully saturated rings. The number of aliphatic hydroxyl groups is 1. The van der Waals surface area contributed by atoms with Gasteiger partial charge in [-0.25, -0.2) is 4.98 Å². The van der Waals surface area contributed by atoms with E-state index < -0.39 is 11.7 Å². The Morgan fingerprint density at radius 2 is 2.00 bits per heavy atom. The van der Waals surface area contributed by atoms with E-state index in [0.717, 1.165) is 18.5 Å². The summed E-state index contributed by atoms with van der Waals surface area (Å²) in [7, 11) is 0. The quantitative estimate of drug-likeness (QED) is 0.907. The summed E-state index contributed by atoms with van der Waals surface area (Å²) in [6.45, 7) is 1.96. The number of amides is 1. The molecule has 2 aromatic rings. The number of carbonyl (C=O) groups is 1. The van der Waals surface area contributed by atoms with Crippen LogP contribution in [-0.4, -0.2) is 56.9 Å². The van der Waals surface area contributed by atoms with Gasteiger partial charge >= 0.3 is 0 Å². The Balaban J connectivity index is 1.42. The van der Waals surface area contributed by atoms with Crippen LogP contribution in [0.5, 0.6) is 0 Å². The molecule has 1 N–H and O–H groups in total. The van der Waals surface area contributed by atoms with Gasteiger partial charge in [0.15, 0.2) is 0 Å². The first-order valence-electron chi connectivity index (χ1n) is 8.88. The third-order valence-corrected chi connectivity index (χ3v) is 5.43. The van der Waals surface area contributed by atoms with E-state index in [-0.39, 0.29) is 5.91 Å². The van der Waals surface area contributed by atoms with Crippen LogP contribution in [0.3, 0.4) is 0 Å². The first-order chi connectivity index (χ1) is 12.2. The molecule has 2 saturated heterocycles. The predicted molar refractivity (Wildman–Crippen MR) is 92.6 cm³/mol. The van der Waals surface area contributed by atoms with Gasteiger partial charge in [-0.05, 0) is 49.9 Å². The fraction of sp³-hybridized carbons (Fsp3) is 0.474. The van der Waals surface area contributed by atoms with Crippen molar-refractivity contribution in [1.29, 1.82) is 0 Å². The summed E-state index contributed by atoms with van der Waals surface area (Å²) in [6, 6.07) is 7.56. The van der Waals surface area contributed by atoms with Crippen molar-refractivity contribution in [3.63, 3.8) is 0 Å². The number of hydrogen-bond acceptors (Lipinski definition) is 4. The Morgan fingerprint density at radius 3 is 2.64 bits per heavy atom. The van der Waals surface area contributed by atoms with Gasteiger partial charge in [0, 0.05) is 43.3 Å². The standard InChI is InChI=1S/C19H23N3O3/c23-17-2-1-13-25-19(17)7-10-21(11-8-19)18(24)15-3-5-16(6-4-15)22-12-9-20-14-22/h3-6,9,12,14,17,23H,1-2,7-8,10-11,13H2. The molecule has 2 aliphatic heterocycles. The van der Waals surface area contributed by atoms with Gasteiger partial charge in [0.2, 0.25) is 0 Å². The number of ether oxygens (including phenoxy) is 1. The van der Waals surface area contributed by atoms with Gasteiger partial charge in [-0.15, -0.1) is 0 Å². The van der Waals surface area contributed by atoms with Crippen LogP contribution >= 0.6 is 0 Å². The van der Waals surface area contributed by atoms with Gasteiger partial charge in [0.05, 0.1) is 18.0 Å². The molecule has 3 heterocycles. The molecule has 1 unspecified atom stereocenters. The molecule has 1 aromatic carbocycles. The van der Waals surface area contributed by atoms with Gasteiger partial charge in [0.25, 0.3) is 5.91 Å². The van der Waals surface area contributed by atoms with Crippen LogP contribution in [0.25, 0.3) is 5.69 Å². The van der Waals surface area contributed by atoms with Crippen molar-refractivity contribution < 1.29 is 14.6 Å². The molecule has 6 heteroatoms. The first-order valence-corrected chi connectivity index (χ1v) is 8.88. The molecule has 4 rings (SSSR count). The van der Waals surface area contributed by atoms with Crippen LogP contribution in [0.2, 0.25) is 0 Å². The molecule has 1 aromatic heterocycles. The van der Waals surface area contributed by atoms with E-state index in [4.69, 9.17) is 4.74 Å². The second-order valence-electron chi connectivity index (χ2n) is 6.88. The maximum atomic E-state index is 12.8. The zero-order chi connectivity index (χ0) is 17.3. The number of rotatable bonds is 2. The van der Waals surface area contributed by atoms with Crippen molar-refractivity contribution in [2.75, 3.05) is 19.7 Å². The third kappa shape index (κ3) is 3.07. The normalized spacial score (nSPS) is 22.9. The van der Waals surface area contributed by atoms with E-state index in [0.29, 0.717) is 38.1 Å². The van der Waals surface area contributed by atoms with E-state index in [9.17, 15) is 9.90 Å². The predicted octanol–water partition coefficient (Wildman–Crippen LogP) is 2.02. The van der Waals surface area contributed by atoms with Crippen LogP contribution in [0.1, 0.15) is 36.0 Å². The summed E-state index contributed by atoms with van der Waals surface area (Å²) in [5.74, 6) is 0.0392. The monoisotopic (exact) mass is 341 g/mol. The Bertz CT molecular complexity index is 719. The fourth-order valence-corrected chi connectivity index (χ4v) is 3.85. The van der Waals surface area contributed by atoms with Gasteiger partial charge in [-0.3, -0.25) is 4.79 Å². The lowest BCUT2D eigenvalue weighted by molar-refractivity contribution is -0.174. The molecule has 1 atom stereocenters. The minimum absolute atomic E-state index is 0.0392. The number of aromatic nitrogens is 2. The summed E-state index contributed by atoms with van der Waals surface area (Å²) in [4.78, 5) is 18.6. The molecule has 1 amide bonds. The number of nitrogens with zero attached hydrogens (tertiary/aromatic N) is 3. The lowest BCUT2D eigenvalue weighted by Gasteiger charge is -2.46. The molecular weight excluding hydrogens is 318 g/mol. The molecule has 1 spiro atoms. The van der Waals surface area contributed by atoms with Gasteiger partial charge in [0.1, 0.15) is 0 Å². The minimum atomic E-state index is -0.444. The highest BCUT2D eigenvalue weighted by Crippen LogP contribution is 2.35. The van der Waals surface area contributed by atoms with Gasteiger partial charge in [-0.2, -0.15) is 0 Å². The second-order valence-corrected chi connectivity index (χ2v) is 6.88. The second kappa shape index (κ2) is 6.61. The summed E-state index contributed by atoms with van der Waals surface area (Å²) < 4.78 is 7.82. The maximum absolute atomic E-state index is 12.8. The van der Waals surface area contributed by atoms with Gasteiger partial charge in [-0.1, -0.05) is 0 Å². The molecule has 2 aliphatic rings. The summed E-state index contributed by atoms with van der Waals surface area (Å²) >= 11 is 0. The average molecular weight is 341 g/mol. The topological polar surface area (TPSA) is 67.6 Å². The maximum Gasteiger partial charge on any atom is 0.253 e. The smallest absolute Gasteiger partial charge is 0.253 e. The average Bonchev–Trinajstić information content (AvgIpc) is 3.19. The number of piperidine rings is 1. The Hall–Kier alpha value is -2.18. The van der Waals surface area contributed by atoms with Crippen molar-refractivity contribution in [3.8, 4) is 5.69 Å². The lowest BCUT2D eigenvalue weighted by atomic mass is 9.82. The summed E-state index contributed by atoms with van der Waals surface area (Å²) in [5.41, 5.74) is 1.22. The highest BCUT2D eigenvalue weighted by atomic mass is 16.5. The number of imidazole rings is 1. The molecule has 0 aliphatic carbocycles. The highest BCUT2D eigenvalue weighted by Gasteiger charge is 2.44. The van der Waals surface area contributed by atoms with Crippen molar-refractivity contribution in [2.45, 2.75) is 37.4 Å². The Labute approximate surface area is 147 Å².